The maximum absolute atomic E-state index is 12.9. The Morgan fingerprint density at radius 3 is 2.37 bits per heavy atom. The van der Waals surface area contributed by atoms with Crippen molar-refractivity contribution >= 4 is 37.8 Å². The van der Waals surface area contributed by atoms with Crippen LogP contribution in [-0.2, 0) is 30.9 Å². The van der Waals surface area contributed by atoms with Gasteiger partial charge >= 0.3 is 11.8 Å². The topological polar surface area (TPSA) is 105 Å². The molecule has 0 aromatic heterocycles. The molecule has 1 aliphatic rings. The van der Waals surface area contributed by atoms with Gasteiger partial charge in [-0.25, -0.2) is 12.8 Å². The minimum Gasteiger partial charge on any atom is -0.359 e. The predicted molar refractivity (Wildman–Crippen MR) is 109 cm³/mol. The molecule has 0 radical (unpaired) electrons. The number of rotatable bonds is 6. The molecule has 0 saturated carbocycles. The molecule has 1 fully saturated rings. The fourth-order valence-electron chi connectivity index (χ4n) is 2.81. The number of nitrogens with one attached hydrogen (secondary N) is 2. The minimum atomic E-state index is -3.82. The fraction of sp³-hybridized carbons (Fsp3) is 0.263. The van der Waals surface area contributed by atoms with E-state index < -0.39 is 33.9 Å². The van der Waals surface area contributed by atoms with Gasteiger partial charge in [-0.1, -0.05) is 28.1 Å². The Kier molecular flexibility index (Phi) is 7.19. The van der Waals surface area contributed by atoms with Crippen molar-refractivity contribution in [3.05, 3.63) is 64.4 Å². The zero-order chi connectivity index (χ0) is 21.7. The maximum Gasteiger partial charge on any atom is 0.309 e. The second-order valence-electron chi connectivity index (χ2n) is 6.41. The van der Waals surface area contributed by atoms with Gasteiger partial charge in [0, 0.05) is 17.6 Å². The number of carbonyl (C=O) groups excluding carboxylic acids is 2. The van der Waals surface area contributed by atoms with Crippen LogP contribution in [0.3, 0.4) is 0 Å². The van der Waals surface area contributed by atoms with Gasteiger partial charge < -0.3 is 15.4 Å². The molecule has 2 aromatic carbocycles. The number of halogens is 2. The number of carbonyl (C=O) groups is 2. The lowest BCUT2D eigenvalue weighted by Crippen LogP contribution is -2.47. The van der Waals surface area contributed by atoms with Crippen molar-refractivity contribution in [3.8, 4) is 0 Å². The monoisotopic (exact) mass is 499 g/mol. The quantitative estimate of drug-likeness (QED) is 0.584. The van der Waals surface area contributed by atoms with E-state index in [1.807, 2.05) is 0 Å². The van der Waals surface area contributed by atoms with Crippen LogP contribution in [0.25, 0.3) is 0 Å². The molecule has 1 atom stereocenters. The zero-order valence-corrected chi connectivity index (χ0v) is 18.1. The van der Waals surface area contributed by atoms with E-state index in [1.165, 1.54) is 36.4 Å². The van der Waals surface area contributed by atoms with E-state index in [1.54, 1.807) is 12.1 Å². The fourth-order valence-corrected chi connectivity index (χ4v) is 4.58. The van der Waals surface area contributed by atoms with Crippen LogP contribution in [0.1, 0.15) is 5.56 Å². The van der Waals surface area contributed by atoms with Gasteiger partial charge in [-0.2, -0.15) is 4.31 Å². The summed E-state index contributed by atoms with van der Waals surface area (Å²) in [5.74, 6) is -2.21. The number of hydrogen-bond acceptors (Lipinski definition) is 5. The number of benzene rings is 2. The molecule has 30 heavy (non-hydrogen) atoms. The van der Waals surface area contributed by atoms with Gasteiger partial charge in [0.2, 0.25) is 10.0 Å². The average Bonchev–Trinajstić information content (AvgIpc) is 3.21. The summed E-state index contributed by atoms with van der Waals surface area (Å²) in [5.41, 5.74) is 0.628. The van der Waals surface area contributed by atoms with Crippen LogP contribution in [0.15, 0.2) is 57.9 Å². The number of sulfonamides is 1. The molecule has 160 valence electrons. The highest BCUT2D eigenvalue weighted by Crippen LogP contribution is 2.23. The van der Waals surface area contributed by atoms with E-state index in [-0.39, 0.29) is 31.1 Å². The number of ether oxygens (including phenoxy) is 1. The molecule has 0 spiro atoms. The minimum absolute atomic E-state index is 0.0521. The van der Waals surface area contributed by atoms with E-state index in [2.05, 4.69) is 26.6 Å². The molecule has 0 unspecified atom stereocenters. The normalized spacial score (nSPS) is 16.9. The van der Waals surface area contributed by atoms with Gasteiger partial charge in [-0.3, -0.25) is 9.59 Å². The Morgan fingerprint density at radius 1 is 1.07 bits per heavy atom. The zero-order valence-electron chi connectivity index (χ0n) is 15.7. The molecule has 2 amide bonds. The Morgan fingerprint density at radius 2 is 1.70 bits per heavy atom. The molecule has 8 nitrogen and oxygen atoms in total. The first kappa shape index (κ1) is 22.3. The van der Waals surface area contributed by atoms with Crippen LogP contribution in [0.5, 0.6) is 0 Å². The third-order valence-electron chi connectivity index (χ3n) is 4.37. The van der Waals surface area contributed by atoms with Crippen LogP contribution in [0.4, 0.5) is 4.39 Å². The largest absolute Gasteiger partial charge is 0.359 e. The number of hydrogen-bond donors (Lipinski definition) is 2. The smallest absolute Gasteiger partial charge is 0.309 e. The lowest BCUT2D eigenvalue weighted by atomic mass is 10.2. The number of nitrogens with zero attached hydrogens (tertiary/aromatic N) is 1. The molecule has 1 aliphatic heterocycles. The van der Waals surface area contributed by atoms with E-state index in [0.29, 0.717) is 5.56 Å². The summed E-state index contributed by atoms with van der Waals surface area (Å²) in [5, 5.41) is 4.80. The summed E-state index contributed by atoms with van der Waals surface area (Å²) in [6.45, 7) is 0.178. The molecule has 2 N–H and O–H groups in total. The molecule has 0 bridgehead atoms. The molecule has 1 heterocycles. The van der Waals surface area contributed by atoms with Crippen molar-refractivity contribution in [1.29, 1.82) is 0 Å². The van der Waals surface area contributed by atoms with Gasteiger partial charge in [-0.15, -0.1) is 0 Å². The summed E-state index contributed by atoms with van der Waals surface area (Å²) < 4.78 is 45.9. The molecule has 2 aromatic rings. The van der Waals surface area contributed by atoms with E-state index >= 15 is 0 Å². The third kappa shape index (κ3) is 5.42. The SMILES string of the molecule is O=C(NCc1ccc(F)cc1)C(=O)NC[C@H]1OCCN1S(=O)(=O)c1ccc(Br)cc1. The lowest BCUT2D eigenvalue weighted by Gasteiger charge is -2.22. The summed E-state index contributed by atoms with van der Waals surface area (Å²) in [7, 11) is -3.82. The molecular weight excluding hydrogens is 481 g/mol. The highest BCUT2D eigenvalue weighted by molar-refractivity contribution is 9.10. The Balaban J connectivity index is 1.54. The lowest BCUT2D eigenvalue weighted by molar-refractivity contribution is -0.139. The highest BCUT2D eigenvalue weighted by Gasteiger charge is 2.36. The van der Waals surface area contributed by atoms with Gasteiger partial charge in [0.05, 0.1) is 18.0 Å². The van der Waals surface area contributed by atoms with Crippen molar-refractivity contribution in [2.45, 2.75) is 17.7 Å². The Labute approximate surface area is 181 Å². The maximum atomic E-state index is 12.9. The van der Waals surface area contributed by atoms with Gasteiger partial charge in [0.15, 0.2) is 0 Å². The van der Waals surface area contributed by atoms with Crippen molar-refractivity contribution in [3.63, 3.8) is 0 Å². The Hall–Kier alpha value is -2.34. The second kappa shape index (κ2) is 9.65. The van der Waals surface area contributed by atoms with Crippen molar-refractivity contribution in [1.82, 2.24) is 14.9 Å². The van der Waals surface area contributed by atoms with Crippen molar-refractivity contribution in [2.24, 2.45) is 0 Å². The van der Waals surface area contributed by atoms with Crippen molar-refractivity contribution in [2.75, 3.05) is 19.7 Å². The van der Waals surface area contributed by atoms with Crippen LogP contribution in [0, 0.1) is 5.82 Å². The van der Waals surface area contributed by atoms with Crippen LogP contribution in [-0.4, -0.2) is 50.5 Å². The summed E-state index contributed by atoms with van der Waals surface area (Å²) in [6, 6.07) is 11.7. The Bertz CT molecular complexity index is 1020. The first-order valence-electron chi connectivity index (χ1n) is 8.97. The van der Waals surface area contributed by atoms with E-state index in [9.17, 15) is 22.4 Å². The summed E-state index contributed by atoms with van der Waals surface area (Å²) in [4.78, 5) is 24.1. The van der Waals surface area contributed by atoms with Gasteiger partial charge in [-0.05, 0) is 42.0 Å². The van der Waals surface area contributed by atoms with Gasteiger partial charge in [0.1, 0.15) is 12.0 Å². The van der Waals surface area contributed by atoms with Crippen LogP contribution < -0.4 is 10.6 Å². The van der Waals surface area contributed by atoms with Crippen LogP contribution >= 0.6 is 15.9 Å². The second-order valence-corrected chi connectivity index (χ2v) is 9.22. The third-order valence-corrected chi connectivity index (χ3v) is 6.80. The first-order chi connectivity index (χ1) is 14.3. The number of amides is 2. The van der Waals surface area contributed by atoms with E-state index in [4.69, 9.17) is 4.74 Å². The molecule has 1 saturated heterocycles. The average molecular weight is 500 g/mol. The molecule has 11 heteroatoms. The van der Waals surface area contributed by atoms with Gasteiger partial charge in [0.25, 0.3) is 0 Å². The predicted octanol–water partition coefficient (Wildman–Crippen LogP) is 1.37. The summed E-state index contributed by atoms with van der Waals surface area (Å²) in [6.07, 6.45) is -0.924. The first-order valence-corrected chi connectivity index (χ1v) is 11.2. The standard InChI is InChI=1S/C19H19BrFN3O5S/c20-14-3-7-16(8-4-14)30(27,28)24-9-10-29-17(24)12-23-19(26)18(25)22-11-13-1-5-15(21)6-2-13/h1-8,17H,9-12H2,(H,22,25)(H,23,26)/t17-/m1/s1. The molecular formula is C19H19BrFN3O5S. The summed E-state index contributed by atoms with van der Waals surface area (Å²) >= 11 is 3.26. The molecule has 0 aliphatic carbocycles. The van der Waals surface area contributed by atoms with Crippen molar-refractivity contribution < 1.29 is 27.1 Å². The van der Waals surface area contributed by atoms with Crippen LogP contribution in [0.2, 0.25) is 0 Å². The van der Waals surface area contributed by atoms with E-state index in [0.717, 1.165) is 8.78 Å². The molecule has 3 rings (SSSR count). The highest BCUT2D eigenvalue weighted by atomic mass is 79.9.